The zero-order valence-electron chi connectivity index (χ0n) is 12.8. The smallest absolute Gasteiger partial charge is 0.252 e. The molecule has 8 heteroatoms. The second-order valence-electron chi connectivity index (χ2n) is 5.29. The number of sulfonamides is 1. The fourth-order valence-electron chi connectivity index (χ4n) is 2.45. The first kappa shape index (κ1) is 16.7. The molecule has 0 saturated carbocycles. The summed E-state index contributed by atoms with van der Waals surface area (Å²) in [5, 5.41) is 0. The van der Waals surface area contributed by atoms with E-state index >= 15 is 0 Å². The molecule has 1 heterocycles. The van der Waals surface area contributed by atoms with E-state index in [-0.39, 0.29) is 16.2 Å². The van der Waals surface area contributed by atoms with E-state index in [2.05, 4.69) is 4.90 Å². The molecular formula is C14H21N3O4S. The van der Waals surface area contributed by atoms with E-state index in [1.165, 1.54) is 29.6 Å². The lowest BCUT2D eigenvalue weighted by Crippen LogP contribution is -2.34. The minimum absolute atomic E-state index is 0.0617. The van der Waals surface area contributed by atoms with E-state index in [1.54, 1.807) is 0 Å². The first-order valence-corrected chi connectivity index (χ1v) is 8.47. The molecule has 0 unspecified atom stereocenters. The van der Waals surface area contributed by atoms with Crippen LogP contribution in [0.5, 0.6) is 5.75 Å². The van der Waals surface area contributed by atoms with Crippen molar-refractivity contribution in [2.24, 2.45) is 5.73 Å². The van der Waals surface area contributed by atoms with Gasteiger partial charge in [-0.15, -0.1) is 0 Å². The van der Waals surface area contributed by atoms with Gasteiger partial charge in [0.25, 0.3) is 5.91 Å². The van der Waals surface area contributed by atoms with Gasteiger partial charge in [-0.1, -0.05) is 0 Å². The molecule has 0 bridgehead atoms. The first-order valence-electron chi connectivity index (χ1n) is 7.03. The number of hydrogen-bond acceptors (Lipinski definition) is 5. The Bertz CT molecular complexity index is 660. The molecule has 1 aromatic carbocycles. The highest BCUT2D eigenvalue weighted by Gasteiger charge is 2.27. The lowest BCUT2D eigenvalue weighted by Gasteiger charge is -2.20. The lowest BCUT2D eigenvalue weighted by molar-refractivity contribution is 0.0997. The van der Waals surface area contributed by atoms with E-state index < -0.39 is 15.9 Å². The van der Waals surface area contributed by atoms with Crippen molar-refractivity contribution < 1.29 is 17.9 Å². The second-order valence-corrected chi connectivity index (χ2v) is 7.23. The molecule has 22 heavy (non-hydrogen) atoms. The van der Waals surface area contributed by atoms with E-state index in [0.29, 0.717) is 19.6 Å². The average Bonchev–Trinajstić information content (AvgIpc) is 2.71. The molecule has 1 amide bonds. The maximum atomic E-state index is 12.7. The van der Waals surface area contributed by atoms with Gasteiger partial charge in [-0.05, 0) is 38.2 Å². The normalized spacial score (nSPS) is 17.9. The highest BCUT2D eigenvalue weighted by atomic mass is 32.2. The van der Waals surface area contributed by atoms with Crippen LogP contribution in [0.3, 0.4) is 0 Å². The maximum absolute atomic E-state index is 12.7. The van der Waals surface area contributed by atoms with E-state index in [1.807, 2.05) is 7.05 Å². The largest absolute Gasteiger partial charge is 0.496 e. The summed E-state index contributed by atoms with van der Waals surface area (Å²) in [6.07, 6.45) is 0.772. The molecule has 0 atom stereocenters. The molecule has 2 N–H and O–H groups in total. The van der Waals surface area contributed by atoms with Crippen LogP contribution < -0.4 is 10.5 Å². The Morgan fingerprint density at radius 1 is 1.23 bits per heavy atom. The van der Waals surface area contributed by atoms with Crippen molar-refractivity contribution in [3.8, 4) is 5.75 Å². The van der Waals surface area contributed by atoms with Crippen molar-refractivity contribution >= 4 is 15.9 Å². The van der Waals surface area contributed by atoms with Crippen LogP contribution >= 0.6 is 0 Å². The quantitative estimate of drug-likeness (QED) is 0.848. The van der Waals surface area contributed by atoms with Crippen molar-refractivity contribution in [1.29, 1.82) is 0 Å². The number of hydrogen-bond donors (Lipinski definition) is 1. The van der Waals surface area contributed by atoms with Crippen LogP contribution in [-0.2, 0) is 10.0 Å². The van der Waals surface area contributed by atoms with Gasteiger partial charge in [-0.2, -0.15) is 4.31 Å². The van der Waals surface area contributed by atoms with Gasteiger partial charge in [0, 0.05) is 19.6 Å². The summed E-state index contributed by atoms with van der Waals surface area (Å²) < 4.78 is 32.0. The molecule has 0 spiro atoms. The van der Waals surface area contributed by atoms with Gasteiger partial charge in [0.05, 0.1) is 17.6 Å². The average molecular weight is 327 g/mol. The summed E-state index contributed by atoms with van der Waals surface area (Å²) in [5.41, 5.74) is 5.36. The Labute approximate surface area is 130 Å². The van der Waals surface area contributed by atoms with Crippen LogP contribution in [0.2, 0.25) is 0 Å². The van der Waals surface area contributed by atoms with Crippen molar-refractivity contribution in [1.82, 2.24) is 9.21 Å². The standard InChI is InChI=1S/C14H21N3O4S/c1-16-6-3-7-17(9-8-16)22(19,20)11-4-5-13(21-2)12(10-11)14(15)18/h4-5,10H,3,6-9H2,1-2H3,(H2,15,18). The number of carbonyl (C=O) groups excluding carboxylic acids is 1. The predicted octanol–water partition coefficient (Wildman–Crippen LogP) is 0.120. The third kappa shape index (κ3) is 3.40. The number of nitrogens with two attached hydrogens (primary N) is 1. The molecule has 0 aromatic heterocycles. The van der Waals surface area contributed by atoms with Gasteiger partial charge in [-0.3, -0.25) is 4.79 Å². The summed E-state index contributed by atoms with van der Waals surface area (Å²) in [4.78, 5) is 13.6. The molecule has 122 valence electrons. The molecular weight excluding hydrogens is 306 g/mol. The minimum atomic E-state index is -3.65. The Hall–Kier alpha value is -1.64. The van der Waals surface area contributed by atoms with Gasteiger partial charge < -0.3 is 15.4 Å². The van der Waals surface area contributed by atoms with E-state index in [9.17, 15) is 13.2 Å². The number of rotatable bonds is 4. The number of primary amides is 1. The molecule has 0 aliphatic carbocycles. The van der Waals surface area contributed by atoms with Crippen LogP contribution in [0.1, 0.15) is 16.8 Å². The summed E-state index contributed by atoms with van der Waals surface area (Å²) in [5.74, 6) is -0.452. The van der Waals surface area contributed by atoms with Crippen molar-refractivity contribution in [2.45, 2.75) is 11.3 Å². The van der Waals surface area contributed by atoms with Crippen LogP contribution in [0.4, 0.5) is 0 Å². The van der Waals surface area contributed by atoms with E-state index in [0.717, 1.165) is 13.0 Å². The Kier molecular flexibility index (Phi) is 5.05. The van der Waals surface area contributed by atoms with Crippen LogP contribution in [-0.4, -0.2) is 63.9 Å². The zero-order valence-corrected chi connectivity index (χ0v) is 13.6. The number of ether oxygens (including phenoxy) is 1. The summed E-state index contributed by atoms with van der Waals surface area (Å²) in [6.45, 7) is 2.43. The number of amides is 1. The molecule has 1 fully saturated rings. The number of methoxy groups -OCH3 is 1. The fraction of sp³-hybridized carbons (Fsp3) is 0.500. The summed E-state index contributed by atoms with van der Waals surface area (Å²) in [6, 6.07) is 4.18. The molecule has 2 rings (SSSR count). The van der Waals surface area contributed by atoms with Gasteiger partial charge >= 0.3 is 0 Å². The zero-order chi connectivity index (χ0) is 16.3. The Morgan fingerprint density at radius 2 is 1.95 bits per heavy atom. The number of nitrogens with zero attached hydrogens (tertiary/aromatic N) is 2. The summed E-state index contributed by atoms with van der Waals surface area (Å²) in [7, 11) is -0.276. The Morgan fingerprint density at radius 3 is 2.59 bits per heavy atom. The SMILES string of the molecule is COc1ccc(S(=O)(=O)N2CCCN(C)CC2)cc1C(N)=O. The van der Waals surface area contributed by atoms with E-state index in [4.69, 9.17) is 10.5 Å². The lowest BCUT2D eigenvalue weighted by atomic mass is 10.2. The maximum Gasteiger partial charge on any atom is 0.252 e. The first-order chi connectivity index (χ1) is 10.4. The van der Waals surface area contributed by atoms with Crippen molar-refractivity contribution in [3.63, 3.8) is 0 Å². The third-order valence-electron chi connectivity index (χ3n) is 3.75. The van der Waals surface area contributed by atoms with Crippen LogP contribution in [0.15, 0.2) is 23.1 Å². The molecule has 1 saturated heterocycles. The highest BCUT2D eigenvalue weighted by Crippen LogP contribution is 2.24. The van der Waals surface area contributed by atoms with Gasteiger partial charge in [0.15, 0.2) is 0 Å². The minimum Gasteiger partial charge on any atom is -0.496 e. The second kappa shape index (κ2) is 6.64. The van der Waals surface area contributed by atoms with Crippen molar-refractivity contribution in [2.75, 3.05) is 40.3 Å². The highest BCUT2D eigenvalue weighted by molar-refractivity contribution is 7.89. The monoisotopic (exact) mass is 327 g/mol. The molecule has 1 aliphatic rings. The Balaban J connectivity index is 2.37. The predicted molar refractivity (Wildman–Crippen MR) is 82.4 cm³/mol. The fourth-order valence-corrected chi connectivity index (χ4v) is 3.95. The molecule has 1 aromatic rings. The van der Waals surface area contributed by atoms with Crippen molar-refractivity contribution in [3.05, 3.63) is 23.8 Å². The molecule has 7 nitrogen and oxygen atoms in total. The number of carbonyl (C=O) groups is 1. The van der Waals surface area contributed by atoms with Gasteiger partial charge in [0.2, 0.25) is 10.0 Å². The molecule has 0 radical (unpaired) electrons. The topological polar surface area (TPSA) is 92.9 Å². The van der Waals surface area contributed by atoms with Crippen LogP contribution in [0, 0.1) is 0 Å². The number of likely N-dealkylation sites (N-methyl/N-ethyl adjacent to an activating group) is 1. The molecule has 1 aliphatic heterocycles. The summed E-state index contributed by atoms with van der Waals surface area (Å²) >= 11 is 0. The van der Waals surface area contributed by atoms with Gasteiger partial charge in [-0.25, -0.2) is 8.42 Å². The van der Waals surface area contributed by atoms with Gasteiger partial charge in [0.1, 0.15) is 5.75 Å². The third-order valence-corrected chi connectivity index (χ3v) is 5.65. The number of benzene rings is 1. The van der Waals surface area contributed by atoms with Crippen LogP contribution in [0.25, 0.3) is 0 Å².